The van der Waals surface area contributed by atoms with E-state index < -0.39 is 0 Å². The van der Waals surface area contributed by atoms with E-state index in [9.17, 15) is 4.79 Å². The number of aromatic nitrogens is 3. The number of carbonyl (C=O) groups is 1. The standard InChI is InChI=1S/C23H27BrN6O2/c1-15-12-16(2-5-18(15)23(31)27-17-3-4-17)20-14-26-22-19(13-21(24)28-30(20)22)25-6-7-29-8-10-32-11-9-29/h2,5,12-14,17,25H,3-4,6-11H2,1H3,(H,27,31). The smallest absolute Gasteiger partial charge is 0.251 e. The van der Waals surface area contributed by atoms with Gasteiger partial charge in [-0.1, -0.05) is 6.07 Å². The Labute approximate surface area is 195 Å². The molecular weight excluding hydrogens is 472 g/mol. The third-order valence-corrected chi connectivity index (χ3v) is 6.35. The molecule has 2 aliphatic rings. The van der Waals surface area contributed by atoms with Gasteiger partial charge in [0.25, 0.3) is 5.91 Å². The number of nitrogens with zero attached hydrogens (tertiary/aromatic N) is 4. The summed E-state index contributed by atoms with van der Waals surface area (Å²) in [6.45, 7) is 7.28. The van der Waals surface area contributed by atoms with Crippen molar-refractivity contribution >= 4 is 33.2 Å². The first-order chi connectivity index (χ1) is 15.6. The fourth-order valence-electron chi connectivity index (χ4n) is 4.01. The third kappa shape index (κ3) is 4.65. The van der Waals surface area contributed by atoms with Crippen LogP contribution in [0.3, 0.4) is 0 Å². The number of hydrogen-bond donors (Lipinski definition) is 2. The molecule has 5 rings (SSSR count). The maximum Gasteiger partial charge on any atom is 0.251 e. The molecule has 0 unspecified atom stereocenters. The summed E-state index contributed by atoms with van der Waals surface area (Å²) in [4.78, 5) is 19.5. The molecule has 1 amide bonds. The molecule has 2 aromatic heterocycles. The van der Waals surface area contributed by atoms with Gasteiger partial charge in [0.1, 0.15) is 4.60 Å². The number of hydrogen-bond acceptors (Lipinski definition) is 6. The van der Waals surface area contributed by atoms with E-state index >= 15 is 0 Å². The minimum Gasteiger partial charge on any atom is -0.381 e. The van der Waals surface area contributed by atoms with E-state index in [0.717, 1.165) is 85.0 Å². The molecule has 1 aliphatic carbocycles. The normalized spacial score (nSPS) is 16.9. The molecule has 1 aliphatic heterocycles. The van der Waals surface area contributed by atoms with Crippen molar-refractivity contribution in [3.8, 4) is 11.3 Å². The van der Waals surface area contributed by atoms with E-state index in [4.69, 9.17) is 4.74 Å². The van der Waals surface area contributed by atoms with Gasteiger partial charge in [0.2, 0.25) is 0 Å². The van der Waals surface area contributed by atoms with Gasteiger partial charge in [-0.3, -0.25) is 9.69 Å². The van der Waals surface area contributed by atoms with Crippen molar-refractivity contribution in [2.24, 2.45) is 0 Å². The molecule has 9 heteroatoms. The van der Waals surface area contributed by atoms with Gasteiger partial charge in [0.15, 0.2) is 5.65 Å². The van der Waals surface area contributed by atoms with Gasteiger partial charge < -0.3 is 15.4 Å². The second-order valence-corrected chi connectivity index (χ2v) is 9.23. The fourth-order valence-corrected chi connectivity index (χ4v) is 4.40. The molecule has 168 valence electrons. The van der Waals surface area contributed by atoms with Crippen LogP contribution in [0, 0.1) is 6.92 Å². The van der Waals surface area contributed by atoms with Crippen molar-refractivity contribution < 1.29 is 9.53 Å². The second kappa shape index (κ2) is 9.17. The monoisotopic (exact) mass is 498 g/mol. The average Bonchev–Trinajstić information content (AvgIpc) is 3.50. The van der Waals surface area contributed by atoms with Gasteiger partial charge in [-0.25, -0.2) is 9.50 Å². The Morgan fingerprint density at radius 3 is 2.81 bits per heavy atom. The van der Waals surface area contributed by atoms with Crippen LogP contribution in [0.25, 0.3) is 16.9 Å². The summed E-state index contributed by atoms with van der Waals surface area (Å²) >= 11 is 3.54. The Kier molecular flexibility index (Phi) is 6.12. The van der Waals surface area contributed by atoms with Crippen LogP contribution in [-0.4, -0.2) is 70.8 Å². The summed E-state index contributed by atoms with van der Waals surface area (Å²) in [7, 11) is 0. The minimum absolute atomic E-state index is 0.00214. The third-order valence-electron chi connectivity index (χ3n) is 5.96. The summed E-state index contributed by atoms with van der Waals surface area (Å²) in [6.07, 6.45) is 3.99. The molecule has 0 atom stereocenters. The average molecular weight is 499 g/mol. The van der Waals surface area contributed by atoms with Crippen LogP contribution in [0.15, 0.2) is 35.1 Å². The number of halogens is 1. The number of fused-ring (bicyclic) bond motifs is 1. The Balaban J connectivity index is 1.36. The highest BCUT2D eigenvalue weighted by atomic mass is 79.9. The quantitative estimate of drug-likeness (QED) is 0.520. The number of aryl methyl sites for hydroxylation is 1. The van der Waals surface area contributed by atoms with E-state index in [1.54, 1.807) is 0 Å². The zero-order valence-corrected chi connectivity index (χ0v) is 19.7. The lowest BCUT2D eigenvalue weighted by Gasteiger charge is -2.26. The van der Waals surface area contributed by atoms with E-state index in [2.05, 4.69) is 41.5 Å². The lowest BCUT2D eigenvalue weighted by Crippen LogP contribution is -2.39. The second-order valence-electron chi connectivity index (χ2n) is 8.42. The number of ether oxygens (including phenoxy) is 1. The van der Waals surface area contributed by atoms with Crippen LogP contribution in [0.4, 0.5) is 5.69 Å². The lowest BCUT2D eigenvalue weighted by atomic mass is 10.0. The van der Waals surface area contributed by atoms with Gasteiger partial charge >= 0.3 is 0 Å². The van der Waals surface area contributed by atoms with Crippen LogP contribution in [0.1, 0.15) is 28.8 Å². The Morgan fingerprint density at radius 1 is 1.25 bits per heavy atom. The molecule has 1 saturated carbocycles. The number of amides is 1. The molecule has 32 heavy (non-hydrogen) atoms. The van der Waals surface area contributed by atoms with E-state index in [0.29, 0.717) is 11.6 Å². The van der Waals surface area contributed by atoms with E-state index in [-0.39, 0.29) is 5.91 Å². The van der Waals surface area contributed by atoms with Crippen LogP contribution >= 0.6 is 15.9 Å². The zero-order valence-electron chi connectivity index (χ0n) is 18.1. The van der Waals surface area contributed by atoms with E-state index in [1.165, 1.54) is 0 Å². The maximum absolute atomic E-state index is 12.5. The Hall–Kier alpha value is -2.49. The van der Waals surface area contributed by atoms with Crippen LogP contribution < -0.4 is 10.6 Å². The highest BCUT2D eigenvalue weighted by Gasteiger charge is 2.24. The molecule has 0 radical (unpaired) electrons. The molecule has 1 saturated heterocycles. The predicted octanol–water partition coefficient (Wildman–Crippen LogP) is 3.10. The summed E-state index contributed by atoms with van der Waals surface area (Å²) in [5.74, 6) is 0.00214. The number of imidazole rings is 1. The van der Waals surface area contributed by atoms with Crippen molar-refractivity contribution in [1.29, 1.82) is 0 Å². The number of rotatable bonds is 7. The largest absolute Gasteiger partial charge is 0.381 e. The van der Waals surface area contributed by atoms with Crippen molar-refractivity contribution in [2.75, 3.05) is 44.7 Å². The van der Waals surface area contributed by atoms with E-state index in [1.807, 2.05) is 41.9 Å². The van der Waals surface area contributed by atoms with Crippen molar-refractivity contribution in [3.05, 3.63) is 46.2 Å². The molecule has 2 N–H and O–H groups in total. The van der Waals surface area contributed by atoms with Crippen molar-refractivity contribution in [1.82, 2.24) is 24.8 Å². The fraction of sp³-hybridized carbons (Fsp3) is 0.435. The number of carbonyl (C=O) groups excluding carboxylic acids is 1. The molecule has 8 nitrogen and oxygen atoms in total. The molecule has 3 aromatic rings. The predicted molar refractivity (Wildman–Crippen MR) is 127 cm³/mol. The SMILES string of the molecule is Cc1cc(-c2cnc3c(NCCN4CCOCC4)cc(Br)nn23)ccc1C(=O)NC1CC1. The molecule has 2 fully saturated rings. The highest BCUT2D eigenvalue weighted by molar-refractivity contribution is 9.10. The number of nitrogens with one attached hydrogen (secondary N) is 2. The van der Waals surface area contributed by atoms with Crippen LogP contribution in [0.2, 0.25) is 0 Å². The summed E-state index contributed by atoms with van der Waals surface area (Å²) in [6, 6.07) is 8.19. The highest BCUT2D eigenvalue weighted by Crippen LogP contribution is 2.28. The molecule has 0 bridgehead atoms. The molecular formula is C23H27BrN6O2. The molecule has 3 heterocycles. The first-order valence-corrected chi connectivity index (χ1v) is 11.9. The summed E-state index contributed by atoms with van der Waals surface area (Å²) < 4.78 is 8.00. The number of morpholine rings is 1. The summed E-state index contributed by atoms with van der Waals surface area (Å²) in [5.41, 5.74) is 5.23. The van der Waals surface area contributed by atoms with Crippen molar-refractivity contribution in [3.63, 3.8) is 0 Å². The van der Waals surface area contributed by atoms with Gasteiger partial charge in [-0.05, 0) is 59.5 Å². The molecule has 1 aromatic carbocycles. The van der Waals surface area contributed by atoms with Gasteiger partial charge in [0.05, 0.1) is 30.8 Å². The lowest BCUT2D eigenvalue weighted by molar-refractivity contribution is 0.0398. The Morgan fingerprint density at radius 2 is 2.06 bits per heavy atom. The van der Waals surface area contributed by atoms with Gasteiger partial charge in [-0.2, -0.15) is 5.10 Å². The maximum atomic E-state index is 12.5. The van der Waals surface area contributed by atoms with Gasteiger partial charge in [-0.15, -0.1) is 0 Å². The van der Waals surface area contributed by atoms with Crippen LogP contribution in [0.5, 0.6) is 0 Å². The number of anilines is 1. The van der Waals surface area contributed by atoms with Crippen molar-refractivity contribution in [2.45, 2.75) is 25.8 Å². The topological polar surface area (TPSA) is 83.8 Å². The first-order valence-electron chi connectivity index (χ1n) is 11.1. The summed E-state index contributed by atoms with van der Waals surface area (Å²) in [5, 5.41) is 11.2. The minimum atomic E-state index is 0.00214. The first kappa shape index (κ1) is 21.4. The zero-order chi connectivity index (χ0) is 22.1. The number of benzene rings is 1. The molecule has 0 spiro atoms. The van der Waals surface area contributed by atoms with Crippen LogP contribution in [-0.2, 0) is 4.74 Å². The van der Waals surface area contributed by atoms with Gasteiger partial charge in [0, 0.05) is 43.3 Å². The Bertz CT molecular complexity index is 1140.